The summed E-state index contributed by atoms with van der Waals surface area (Å²) >= 11 is 0. The lowest BCUT2D eigenvalue weighted by atomic mass is 10.0. The van der Waals surface area contributed by atoms with Gasteiger partial charge in [0, 0.05) is 6.42 Å². The second-order valence-electron chi connectivity index (χ2n) is 17.1. The Morgan fingerprint density at radius 3 is 1.23 bits per heavy atom. The minimum atomic E-state index is -0.462. The zero-order chi connectivity index (χ0) is 46.9. The third-order valence-corrected chi connectivity index (χ3v) is 11.5. The van der Waals surface area contributed by atoms with Crippen LogP contribution in [-0.4, -0.2) is 42.7 Å². The fraction of sp³-hybridized carbons (Fsp3) is 0.404. The average Bonchev–Trinajstić information content (AvgIpc) is 3.33. The summed E-state index contributed by atoms with van der Waals surface area (Å²) in [4.78, 5) is 50.5. The first-order valence-electron chi connectivity index (χ1n) is 24.1. The molecule has 0 bridgehead atoms. The molecule has 2 atom stereocenters. The molecule has 5 aromatic rings. The van der Waals surface area contributed by atoms with Crippen LogP contribution in [0, 0.1) is 0 Å². The van der Waals surface area contributed by atoms with E-state index < -0.39 is 5.97 Å². The summed E-state index contributed by atoms with van der Waals surface area (Å²) in [6.07, 6.45) is 15.6. The molecule has 0 aliphatic rings. The number of benzene rings is 5. The maximum atomic E-state index is 12.9. The smallest absolute Gasteiger partial charge is 0.343 e. The molecule has 0 heterocycles. The number of carbonyl (C=O) groups excluding carboxylic acids is 4. The van der Waals surface area contributed by atoms with Crippen LogP contribution in [0.4, 0.5) is 0 Å². The van der Waals surface area contributed by atoms with Crippen LogP contribution in [0.15, 0.2) is 121 Å². The molecule has 0 saturated heterocycles. The molecule has 0 radical (unpaired) electrons. The Morgan fingerprint density at radius 1 is 0.394 bits per heavy atom. The van der Waals surface area contributed by atoms with Gasteiger partial charge in [0.1, 0.15) is 17.2 Å². The third kappa shape index (κ3) is 17.6. The van der Waals surface area contributed by atoms with Crippen LogP contribution in [0.2, 0.25) is 0 Å². The fourth-order valence-electron chi connectivity index (χ4n) is 7.49. The molecule has 66 heavy (non-hydrogen) atoms. The molecule has 0 spiro atoms. The molecule has 350 valence electrons. The van der Waals surface area contributed by atoms with Crippen LogP contribution < -0.4 is 14.2 Å². The number of unbranched alkanes of at least 4 members (excludes halogenated alkanes) is 10. The summed E-state index contributed by atoms with van der Waals surface area (Å²) in [6, 6.07) is 36.3. The highest BCUT2D eigenvalue weighted by Gasteiger charge is 2.15. The van der Waals surface area contributed by atoms with E-state index in [0.717, 1.165) is 92.9 Å². The first-order valence-corrected chi connectivity index (χ1v) is 24.1. The van der Waals surface area contributed by atoms with Crippen LogP contribution in [0.5, 0.6) is 17.2 Å². The Balaban J connectivity index is 0.916. The van der Waals surface area contributed by atoms with E-state index in [4.69, 9.17) is 23.7 Å². The number of hydrogen-bond acceptors (Lipinski definition) is 9. The Bertz CT molecular complexity index is 2210. The lowest BCUT2D eigenvalue weighted by Crippen LogP contribution is -2.15. The molecular weight excluding hydrogens is 829 g/mol. The zero-order valence-corrected chi connectivity index (χ0v) is 39.4. The minimum Gasteiger partial charge on any atom is -0.494 e. The Labute approximate surface area is 392 Å². The molecule has 0 unspecified atom stereocenters. The summed E-state index contributed by atoms with van der Waals surface area (Å²) in [5.74, 6) is 0.278. The predicted octanol–water partition coefficient (Wildman–Crippen LogP) is 14.6. The summed E-state index contributed by atoms with van der Waals surface area (Å²) in [5, 5.41) is 0. The van der Waals surface area contributed by atoms with E-state index in [-0.39, 0.29) is 30.1 Å². The lowest BCUT2D eigenvalue weighted by Gasteiger charge is -2.13. The summed E-state index contributed by atoms with van der Waals surface area (Å²) in [7, 11) is 0. The molecule has 0 aliphatic carbocycles. The molecule has 0 aliphatic heterocycles. The Kier molecular flexibility index (Phi) is 21.5. The van der Waals surface area contributed by atoms with Crippen molar-refractivity contribution in [2.24, 2.45) is 0 Å². The van der Waals surface area contributed by atoms with E-state index in [1.54, 1.807) is 72.8 Å². The lowest BCUT2D eigenvalue weighted by molar-refractivity contribution is -0.134. The summed E-state index contributed by atoms with van der Waals surface area (Å²) < 4.78 is 28.3. The second-order valence-corrected chi connectivity index (χ2v) is 17.1. The van der Waals surface area contributed by atoms with E-state index in [9.17, 15) is 19.2 Å². The van der Waals surface area contributed by atoms with Crippen LogP contribution in [0.3, 0.4) is 0 Å². The number of esters is 4. The zero-order valence-electron chi connectivity index (χ0n) is 39.4. The van der Waals surface area contributed by atoms with Crippen molar-refractivity contribution in [2.75, 3.05) is 6.61 Å². The maximum Gasteiger partial charge on any atom is 0.343 e. The third-order valence-electron chi connectivity index (χ3n) is 11.5. The molecule has 5 rings (SSSR count). The van der Waals surface area contributed by atoms with Crippen molar-refractivity contribution in [3.63, 3.8) is 0 Å². The monoisotopic (exact) mass is 896 g/mol. The summed E-state index contributed by atoms with van der Waals surface area (Å²) in [6.45, 7) is 8.80. The maximum absolute atomic E-state index is 12.9. The quantitative estimate of drug-likeness (QED) is 0.0275. The highest BCUT2D eigenvalue weighted by Crippen LogP contribution is 2.26. The van der Waals surface area contributed by atoms with Gasteiger partial charge < -0.3 is 23.7 Å². The molecule has 0 N–H and O–H groups in total. The van der Waals surface area contributed by atoms with Gasteiger partial charge in [0.15, 0.2) is 0 Å². The van der Waals surface area contributed by atoms with Gasteiger partial charge in [-0.25, -0.2) is 14.4 Å². The highest BCUT2D eigenvalue weighted by atomic mass is 16.6. The Morgan fingerprint density at radius 2 is 0.758 bits per heavy atom. The van der Waals surface area contributed by atoms with Gasteiger partial charge in [0.25, 0.3) is 0 Å². The predicted molar refractivity (Wildman–Crippen MR) is 261 cm³/mol. The topological polar surface area (TPSA) is 114 Å². The number of ether oxygens (including phenoxy) is 5. The van der Waals surface area contributed by atoms with Gasteiger partial charge in [-0.15, -0.1) is 0 Å². The molecule has 0 saturated carbocycles. The standard InChI is InChI=1S/C57H68O9/c1-5-7-9-14-18-42(3)63-55(59)48-25-21-44(22-26-48)46-29-37-52(38-30-46)65-54(58)20-16-12-11-13-17-41-62-51-35-33-50(34-36-51)57(61)66-53-39-31-47(32-40-53)45-23-27-49(28-24-45)56(60)64-43(4)19-15-10-8-6-2/h21-40,42-43H,5-20,41H2,1-4H3/t42-,43-/m1/s1. The fourth-order valence-corrected chi connectivity index (χ4v) is 7.49. The van der Waals surface area contributed by atoms with Crippen molar-refractivity contribution >= 4 is 23.9 Å². The van der Waals surface area contributed by atoms with Crippen molar-refractivity contribution in [1.82, 2.24) is 0 Å². The normalized spacial score (nSPS) is 11.9. The molecular formula is C57H68O9. The molecule has 9 nitrogen and oxygen atoms in total. The largest absolute Gasteiger partial charge is 0.494 e. The van der Waals surface area contributed by atoms with Crippen LogP contribution >= 0.6 is 0 Å². The van der Waals surface area contributed by atoms with Crippen molar-refractivity contribution < 1.29 is 42.9 Å². The van der Waals surface area contributed by atoms with Gasteiger partial charge in [-0.1, -0.05) is 120 Å². The van der Waals surface area contributed by atoms with E-state index in [0.29, 0.717) is 47.0 Å². The minimum absolute atomic E-state index is 0.104. The number of rotatable bonds is 28. The molecule has 0 fully saturated rings. The van der Waals surface area contributed by atoms with Crippen LogP contribution in [0.1, 0.15) is 162 Å². The van der Waals surface area contributed by atoms with Crippen molar-refractivity contribution in [2.45, 2.75) is 143 Å². The molecule has 0 aromatic heterocycles. The van der Waals surface area contributed by atoms with Crippen molar-refractivity contribution in [3.05, 3.63) is 138 Å². The van der Waals surface area contributed by atoms with Gasteiger partial charge >= 0.3 is 23.9 Å². The van der Waals surface area contributed by atoms with E-state index in [2.05, 4.69) is 13.8 Å². The van der Waals surface area contributed by atoms with Crippen LogP contribution in [-0.2, 0) is 14.3 Å². The first kappa shape index (κ1) is 50.8. The molecule has 9 heteroatoms. The van der Waals surface area contributed by atoms with Crippen molar-refractivity contribution in [1.29, 1.82) is 0 Å². The van der Waals surface area contributed by atoms with Gasteiger partial charge in [0.05, 0.1) is 35.5 Å². The SMILES string of the molecule is CCCCCC[C@@H](C)OC(=O)c1ccc(-c2ccc(OC(=O)CCCCCCCOc3ccc(C(=O)Oc4ccc(-c5ccc(C(=O)O[C@H](C)CCCCCC)cc5)cc4)cc3)cc2)cc1. The van der Waals surface area contributed by atoms with Gasteiger partial charge in [-0.3, -0.25) is 4.79 Å². The highest BCUT2D eigenvalue weighted by molar-refractivity contribution is 5.92. The second kappa shape index (κ2) is 28.0. The summed E-state index contributed by atoms with van der Waals surface area (Å²) in [5.41, 5.74) is 5.25. The average molecular weight is 897 g/mol. The van der Waals surface area contributed by atoms with E-state index in [1.165, 1.54) is 25.7 Å². The number of hydrogen-bond donors (Lipinski definition) is 0. The number of carbonyl (C=O) groups is 4. The first-order chi connectivity index (χ1) is 32.1. The van der Waals surface area contributed by atoms with Gasteiger partial charge in [-0.05, 0) is 147 Å². The Hall–Kier alpha value is -6.22. The van der Waals surface area contributed by atoms with Crippen molar-refractivity contribution in [3.8, 4) is 39.5 Å². The van der Waals surface area contributed by atoms with E-state index >= 15 is 0 Å². The van der Waals surface area contributed by atoms with Crippen LogP contribution in [0.25, 0.3) is 22.3 Å². The molecule has 5 aromatic carbocycles. The van der Waals surface area contributed by atoms with Gasteiger partial charge in [0.2, 0.25) is 0 Å². The van der Waals surface area contributed by atoms with Gasteiger partial charge in [-0.2, -0.15) is 0 Å². The van der Waals surface area contributed by atoms with E-state index in [1.807, 2.05) is 62.4 Å². The molecule has 0 amide bonds.